The maximum Gasteiger partial charge on any atom is 1.00 e. The van der Waals surface area contributed by atoms with Crippen LogP contribution < -0.4 is 51.4 Å². The molecule has 0 fully saturated rings. The Balaban J connectivity index is 0.000000542. The number of carbonyl (C=O) groups excluding carboxylic acids is 1. The second kappa shape index (κ2) is 13.5. The van der Waals surface area contributed by atoms with Crippen LogP contribution in [0, 0.1) is 19.7 Å². The molecule has 2 rings (SSSR count). The number of hydrogen-bond acceptors (Lipinski definition) is 3. The molecule has 0 saturated heterocycles. The molecular weight excluding hydrogens is 392 g/mol. The molecule has 29 heavy (non-hydrogen) atoms. The molecule has 0 aromatic heterocycles. The van der Waals surface area contributed by atoms with Crippen molar-refractivity contribution in [2.24, 2.45) is 4.99 Å². The zero-order valence-corrected chi connectivity index (χ0v) is 21.7. The number of benzene rings is 2. The molecule has 3 nitrogen and oxygen atoms in total. The van der Waals surface area contributed by atoms with Crippen molar-refractivity contribution >= 4 is 17.2 Å². The monoisotopic (exact) mass is 423 g/mol. The number of carbonyl (C=O) groups is 1. The largest absolute Gasteiger partial charge is 1.00 e. The molecule has 5 heteroatoms. The Kier molecular flexibility index (Phi) is 13.1. The van der Waals surface area contributed by atoms with E-state index in [1.165, 1.54) is 11.6 Å². The number of Topliss-reactive ketones (excluding diaryl/α,β-unsaturated/α-hetero) is 1. The standard InChI is InChI=1S/C13H17FNO.C11H14O.K/c1-8(2)15-12-9(3)6-10(7-11(12)14)13(4,5)16;1-2-11(12)9-8-10-6-4-3-5-7-10;/h6-7,16H,1H2,2-5H3;3-7H,2,8-9H2,1H3;/q-1;;+1. The molecular formula is C24H31FKNO2. The molecule has 0 heterocycles. The van der Waals surface area contributed by atoms with E-state index in [1.54, 1.807) is 33.8 Å². The summed E-state index contributed by atoms with van der Waals surface area (Å²) in [5.41, 5.74) is 2.29. The van der Waals surface area contributed by atoms with E-state index in [4.69, 9.17) is 0 Å². The van der Waals surface area contributed by atoms with Gasteiger partial charge in [0, 0.05) is 12.8 Å². The fraction of sp³-hybridized carbons (Fsp3) is 0.375. The number of aliphatic imine (C=N–C) groups is 1. The van der Waals surface area contributed by atoms with Crippen LogP contribution in [0.2, 0.25) is 0 Å². The van der Waals surface area contributed by atoms with Crippen molar-refractivity contribution in [1.82, 2.24) is 0 Å². The summed E-state index contributed by atoms with van der Waals surface area (Å²) in [5.74, 6) is -0.0843. The Morgan fingerprint density at radius 2 is 1.79 bits per heavy atom. The molecule has 0 radical (unpaired) electrons. The molecule has 2 aromatic rings. The van der Waals surface area contributed by atoms with Crippen LogP contribution in [0.3, 0.4) is 0 Å². The zero-order chi connectivity index (χ0) is 21.3. The molecule has 0 aliphatic rings. The van der Waals surface area contributed by atoms with Crippen molar-refractivity contribution in [1.29, 1.82) is 0 Å². The van der Waals surface area contributed by atoms with E-state index in [1.807, 2.05) is 25.1 Å². The topological polar surface area (TPSA) is 49.7 Å². The number of nitrogens with zero attached hydrogens (tertiary/aromatic N) is 1. The molecule has 0 spiro atoms. The fourth-order valence-corrected chi connectivity index (χ4v) is 2.53. The van der Waals surface area contributed by atoms with E-state index >= 15 is 0 Å². The van der Waals surface area contributed by atoms with E-state index in [9.17, 15) is 14.3 Å². The number of aryl methyl sites for hydroxylation is 2. The van der Waals surface area contributed by atoms with E-state index < -0.39 is 11.4 Å². The fourth-order valence-electron chi connectivity index (χ4n) is 2.53. The van der Waals surface area contributed by atoms with Crippen LogP contribution in [0.25, 0.3) is 0 Å². The summed E-state index contributed by atoms with van der Waals surface area (Å²) in [6.45, 7) is 12.2. The number of aliphatic hydroxyl groups is 1. The van der Waals surface area contributed by atoms with Gasteiger partial charge in [-0.1, -0.05) is 50.2 Å². The molecule has 0 aliphatic heterocycles. The summed E-state index contributed by atoms with van der Waals surface area (Å²) in [6, 6.07) is 13.2. The van der Waals surface area contributed by atoms with Gasteiger partial charge in [-0.2, -0.15) is 0 Å². The van der Waals surface area contributed by atoms with Gasteiger partial charge in [-0.3, -0.25) is 9.79 Å². The van der Waals surface area contributed by atoms with E-state index in [0.29, 0.717) is 41.2 Å². The van der Waals surface area contributed by atoms with E-state index in [2.05, 4.69) is 24.0 Å². The molecule has 152 valence electrons. The predicted octanol–water partition coefficient (Wildman–Crippen LogP) is 2.89. The SMILES string of the molecule is CCC(=O)CCc1ccccc1.[CH2-]C(C)=Nc1c(C)cc(C(C)(C)O)cc1F.[K+]. The third-order valence-corrected chi connectivity index (χ3v) is 4.19. The van der Waals surface area contributed by atoms with Gasteiger partial charge in [0.05, 0.1) is 11.3 Å². The van der Waals surface area contributed by atoms with Crippen molar-refractivity contribution in [3.63, 3.8) is 0 Å². The first-order chi connectivity index (χ1) is 13.0. The maximum atomic E-state index is 13.8. The van der Waals surface area contributed by atoms with Crippen LogP contribution in [0.4, 0.5) is 10.1 Å². The van der Waals surface area contributed by atoms with E-state index in [0.717, 1.165) is 6.42 Å². The minimum Gasteiger partial charge on any atom is -0.386 e. The summed E-state index contributed by atoms with van der Waals surface area (Å²) >= 11 is 0. The van der Waals surface area contributed by atoms with Crippen molar-refractivity contribution in [2.75, 3.05) is 0 Å². The quantitative estimate of drug-likeness (QED) is 0.441. The van der Waals surface area contributed by atoms with E-state index in [-0.39, 0.29) is 51.4 Å². The van der Waals surface area contributed by atoms with Gasteiger partial charge < -0.3 is 12.0 Å². The van der Waals surface area contributed by atoms with Crippen LogP contribution in [0.15, 0.2) is 47.5 Å². The summed E-state index contributed by atoms with van der Waals surface area (Å²) < 4.78 is 13.8. The van der Waals surface area contributed by atoms with Crippen LogP contribution in [0.1, 0.15) is 57.2 Å². The average molecular weight is 424 g/mol. The average Bonchev–Trinajstić information content (AvgIpc) is 2.63. The zero-order valence-electron chi connectivity index (χ0n) is 18.6. The molecule has 0 amide bonds. The normalized spacial score (nSPS) is 11.2. The van der Waals surface area contributed by atoms with Gasteiger partial charge in [0.1, 0.15) is 11.6 Å². The van der Waals surface area contributed by atoms with Gasteiger partial charge in [-0.15, -0.1) is 5.71 Å². The third kappa shape index (κ3) is 10.7. The Morgan fingerprint density at radius 1 is 1.21 bits per heavy atom. The second-order valence-corrected chi connectivity index (χ2v) is 7.41. The Bertz CT molecular complexity index is 784. The van der Waals surface area contributed by atoms with Crippen molar-refractivity contribution in [2.45, 2.75) is 59.5 Å². The second-order valence-electron chi connectivity index (χ2n) is 7.41. The Hall–Kier alpha value is -0.824. The first-order valence-corrected chi connectivity index (χ1v) is 9.50. The third-order valence-electron chi connectivity index (χ3n) is 4.19. The molecule has 1 N–H and O–H groups in total. The van der Waals surface area contributed by atoms with Crippen LogP contribution in [0.5, 0.6) is 0 Å². The van der Waals surface area contributed by atoms with Crippen LogP contribution in [-0.2, 0) is 16.8 Å². The number of ketones is 1. The molecule has 0 saturated carbocycles. The summed E-state index contributed by atoms with van der Waals surface area (Å²) in [6.07, 6.45) is 2.22. The molecule has 0 aliphatic carbocycles. The summed E-state index contributed by atoms with van der Waals surface area (Å²) in [7, 11) is 0. The minimum absolute atomic E-state index is 0. The van der Waals surface area contributed by atoms with Gasteiger partial charge in [0.25, 0.3) is 0 Å². The summed E-state index contributed by atoms with van der Waals surface area (Å²) in [5, 5.41) is 9.80. The smallest absolute Gasteiger partial charge is 0.386 e. The molecule has 0 unspecified atom stereocenters. The van der Waals surface area contributed by atoms with Crippen molar-refractivity contribution in [3.05, 3.63) is 71.9 Å². The van der Waals surface area contributed by atoms with Crippen molar-refractivity contribution in [3.8, 4) is 0 Å². The van der Waals surface area contributed by atoms with Crippen LogP contribution in [-0.4, -0.2) is 16.6 Å². The number of halogens is 1. The Labute approximate surface area is 217 Å². The number of rotatable bonds is 6. The molecule has 2 aromatic carbocycles. The molecule has 0 atom stereocenters. The van der Waals surface area contributed by atoms with Crippen molar-refractivity contribution < 1.29 is 65.7 Å². The minimum atomic E-state index is -1.05. The first kappa shape index (κ1) is 28.2. The first-order valence-electron chi connectivity index (χ1n) is 9.50. The van der Waals surface area contributed by atoms with Gasteiger partial charge >= 0.3 is 51.4 Å². The number of hydrogen-bond donors (Lipinski definition) is 1. The molecule has 0 bridgehead atoms. The summed E-state index contributed by atoms with van der Waals surface area (Å²) in [4.78, 5) is 15.0. The van der Waals surface area contributed by atoms with Gasteiger partial charge in [0.15, 0.2) is 0 Å². The Morgan fingerprint density at radius 3 is 2.24 bits per heavy atom. The predicted molar refractivity (Wildman–Crippen MR) is 115 cm³/mol. The van der Waals surface area contributed by atoms with Crippen LogP contribution >= 0.6 is 0 Å². The van der Waals surface area contributed by atoms with Gasteiger partial charge in [-0.25, -0.2) is 4.39 Å². The van der Waals surface area contributed by atoms with Gasteiger partial charge in [-0.05, 0) is 49.9 Å². The maximum absolute atomic E-state index is 13.8. The van der Waals surface area contributed by atoms with Gasteiger partial charge in [0.2, 0.25) is 0 Å².